The van der Waals surface area contributed by atoms with E-state index in [0.717, 1.165) is 6.42 Å². The number of furan rings is 1. The van der Waals surface area contributed by atoms with Crippen molar-refractivity contribution < 1.29 is 9.21 Å². The molecule has 1 amide bonds. The van der Waals surface area contributed by atoms with Gasteiger partial charge in [-0.15, -0.1) is 0 Å². The molecule has 2 atom stereocenters. The van der Waals surface area contributed by atoms with Crippen LogP contribution in [0.15, 0.2) is 16.7 Å². The van der Waals surface area contributed by atoms with Crippen LogP contribution in [0.3, 0.4) is 0 Å². The van der Waals surface area contributed by atoms with Crippen LogP contribution in [0.4, 0.5) is 0 Å². The minimum absolute atomic E-state index is 0.0133. The zero-order valence-electron chi connectivity index (χ0n) is 7.83. The molecule has 1 aromatic rings. The van der Waals surface area contributed by atoms with Crippen LogP contribution in [0.1, 0.15) is 29.5 Å². The quantitative estimate of drug-likeness (QED) is 0.751. The molecular formula is C10H13NO2. The summed E-state index contributed by atoms with van der Waals surface area (Å²) in [5, 5.41) is 2.95. The summed E-state index contributed by atoms with van der Waals surface area (Å²) >= 11 is 0. The van der Waals surface area contributed by atoms with Crippen molar-refractivity contribution in [1.29, 1.82) is 0 Å². The van der Waals surface area contributed by atoms with Crippen LogP contribution in [0.5, 0.6) is 0 Å². The van der Waals surface area contributed by atoms with Crippen molar-refractivity contribution in [2.45, 2.75) is 26.3 Å². The Bertz CT molecular complexity index is 329. The Labute approximate surface area is 77.1 Å². The van der Waals surface area contributed by atoms with E-state index in [1.54, 1.807) is 19.3 Å². The topological polar surface area (TPSA) is 42.2 Å². The van der Waals surface area contributed by atoms with Crippen LogP contribution in [0.2, 0.25) is 0 Å². The second kappa shape index (κ2) is 2.91. The first-order valence-electron chi connectivity index (χ1n) is 4.53. The fourth-order valence-electron chi connectivity index (χ4n) is 1.39. The number of amides is 1. The predicted molar refractivity (Wildman–Crippen MR) is 48.5 cm³/mol. The molecule has 1 saturated carbocycles. The Kier molecular flexibility index (Phi) is 1.87. The van der Waals surface area contributed by atoms with Gasteiger partial charge in [0.2, 0.25) is 0 Å². The van der Waals surface area contributed by atoms with E-state index in [-0.39, 0.29) is 5.91 Å². The standard InChI is InChI=1S/C10H13NO2/c1-6-5-9(6)11-10(12)8-3-4-13-7(8)2/h3-4,6,9H,5H2,1-2H3,(H,11,12)/t6-,9-/m1/s1. The minimum Gasteiger partial charge on any atom is -0.469 e. The third-order valence-corrected chi connectivity index (χ3v) is 2.53. The molecule has 13 heavy (non-hydrogen) atoms. The molecule has 0 spiro atoms. The number of hydrogen-bond acceptors (Lipinski definition) is 2. The highest BCUT2D eigenvalue weighted by molar-refractivity contribution is 5.95. The lowest BCUT2D eigenvalue weighted by Gasteiger charge is -2.01. The first-order chi connectivity index (χ1) is 6.18. The second-order valence-electron chi connectivity index (χ2n) is 3.68. The molecule has 2 rings (SSSR count). The van der Waals surface area contributed by atoms with Gasteiger partial charge in [0, 0.05) is 6.04 Å². The van der Waals surface area contributed by atoms with Gasteiger partial charge in [-0.25, -0.2) is 0 Å². The summed E-state index contributed by atoms with van der Waals surface area (Å²) in [6.45, 7) is 3.93. The molecule has 0 bridgehead atoms. The van der Waals surface area contributed by atoms with Crippen molar-refractivity contribution >= 4 is 5.91 Å². The smallest absolute Gasteiger partial charge is 0.255 e. The highest BCUT2D eigenvalue weighted by Gasteiger charge is 2.34. The summed E-state index contributed by atoms with van der Waals surface area (Å²) in [5.74, 6) is 1.31. The molecule has 0 aliphatic heterocycles. The summed E-state index contributed by atoms with van der Waals surface area (Å²) in [6.07, 6.45) is 2.64. The highest BCUT2D eigenvalue weighted by atomic mass is 16.3. The normalized spacial score (nSPS) is 25.7. The van der Waals surface area contributed by atoms with Gasteiger partial charge in [-0.1, -0.05) is 6.92 Å². The Balaban J connectivity index is 2.01. The molecule has 0 aromatic carbocycles. The fourth-order valence-corrected chi connectivity index (χ4v) is 1.39. The number of rotatable bonds is 2. The van der Waals surface area contributed by atoms with E-state index in [2.05, 4.69) is 12.2 Å². The lowest BCUT2D eigenvalue weighted by molar-refractivity contribution is 0.0948. The third kappa shape index (κ3) is 1.59. The van der Waals surface area contributed by atoms with Gasteiger partial charge in [0.25, 0.3) is 5.91 Å². The largest absolute Gasteiger partial charge is 0.469 e. The summed E-state index contributed by atoms with van der Waals surface area (Å²) in [6, 6.07) is 2.08. The number of carbonyl (C=O) groups excluding carboxylic acids is 1. The van der Waals surface area contributed by atoms with Crippen LogP contribution in [0.25, 0.3) is 0 Å². The van der Waals surface area contributed by atoms with Gasteiger partial charge >= 0.3 is 0 Å². The summed E-state index contributed by atoms with van der Waals surface area (Å²) in [7, 11) is 0. The maximum atomic E-state index is 11.6. The maximum absolute atomic E-state index is 11.6. The van der Waals surface area contributed by atoms with Gasteiger partial charge in [-0.3, -0.25) is 4.79 Å². The zero-order valence-corrected chi connectivity index (χ0v) is 7.83. The first-order valence-corrected chi connectivity index (χ1v) is 4.53. The van der Waals surface area contributed by atoms with Crippen molar-refractivity contribution in [1.82, 2.24) is 5.32 Å². The third-order valence-electron chi connectivity index (χ3n) is 2.53. The summed E-state index contributed by atoms with van der Waals surface area (Å²) < 4.78 is 5.05. The Morgan fingerprint density at radius 1 is 1.69 bits per heavy atom. The molecule has 0 unspecified atom stereocenters. The number of carbonyl (C=O) groups is 1. The molecule has 1 heterocycles. The minimum atomic E-state index is -0.0133. The van der Waals surface area contributed by atoms with E-state index in [1.165, 1.54) is 0 Å². The van der Waals surface area contributed by atoms with Crippen molar-refractivity contribution in [3.8, 4) is 0 Å². The highest BCUT2D eigenvalue weighted by Crippen LogP contribution is 2.29. The molecule has 0 saturated heterocycles. The monoisotopic (exact) mass is 179 g/mol. The molecule has 70 valence electrons. The summed E-state index contributed by atoms with van der Waals surface area (Å²) in [4.78, 5) is 11.6. The maximum Gasteiger partial charge on any atom is 0.255 e. The predicted octanol–water partition coefficient (Wildman–Crippen LogP) is 1.73. The van der Waals surface area contributed by atoms with Gasteiger partial charge in [-0.2, -0.15) is 0 Å². The average Bonchev–Trinajstić information content (AvgIpc) is 2.62. The second-order valence-corrected chi connectivity index (χ2v) is 3.68. The fraction of sp³-hybridized carbons (Fsp3) is 0.500. The van der Waals surface area contributed by atoms with Crippen molar-refractivity contribution in [3.05, 3.63) is 23.7 Å². The van der Waals surface area contributed by atoms with Crippen LogP contribution in [0, 0.1) is 12.8 Å². The molecule has 1 aliphatic rings. The lowest BCUT2D eigenvalue weighted by Crippen LogP contribution is -2.26. The van der Waals surface area contributed by atoms with Gasteiger partial charge in [-0.05, 0) is 25.3 Å². The molecule has 1 aromatic heterocycles. The number of nitrogens with one attached hydrogen (secondary N) is 1. The average molecular weight is 179 g/mol. The van der Waals surface area contributed by atoms with E-state index in [4.69, 9.17) is 4.42 Å². The molecule has 0 radical (unpaired) electrons. The van der Waals surface area contributed by atoms with Gasteiger partial charge in [0.1, 0.15) is 5.76 Å². The van der Waals surface area contributed by atoms with Crippen molar-refractivity contribution in [2.24, 2.45) is 5.92 Å². The molecule has 1 aliphatic carbocycles. The lowest BCUT2D eigenvalue weighted by atomic mass is 10.2. The van der Waals surface area contributed by atoms with Crippen LogP contribution >= 0.6 is 0 Å². The number of hydrogen-bond donors (Lipinski definition) is 1. The van der Waals surface area contributed by atoms with E-state index in [9.17, 15) is 4.79 Å². The van der Waals surface area contributed by atoms with Crippen LogP contribution < -0.4 is 5.32 Å². The number of aryl methyl sites for hydroxylation is 1. The Hall–Kier alpha value is -1.25. The molecule has 1 N–H and O–H groups in total. The molecule has 3 nitrogen and oxygen atoms in total. The Morgan fingerprint density at radius 2 is 2.38 bits per heavy atom. The van der Waals surface area contributed by atoms with Crippen LogP contribution in [-0.4, -0.2) is 11.9 Å². The van der Waals surface area contributed by atoms with Gasteiger partial charge < -0.3 is 9.73 Å². The van der Waals surface area contributed by atoms with Crippen molar-refractivity contribution in [3.63, 3.8) is 0 Å². The van der Waals surface area contributed by atoms with Crippen LogP contribution in [-0.2, 0) is 0 Å². The molecule has 3 heteroatoms. The van der Waals surface area contributed by atoms with E-state index < -0.39 is 0 Å². The van der Waals surface area contributed by atoms with E-state index in [1.807, 2.05) is 0 Å². The summed E-state index contributed by atoms with van der Waals surface area (Å²) in [5.41, 5.74) is 0.652. The zero-order chi connectivity index (χ0) is 9.42. The van der Waals surface area contributed by atoms with E-state index in [0.29, 0.717) is 23.3 Å². The molecule has 1 fully saturated rings. The van der Waals surface area contributed by atoms with Gasteiger partial charge in [0.05, 0.1) is 11.8 Å². The Morgan fingerprint density at radius 3 is 2.85 bits per heavy atom. The van der Waals surface area contributed by atoms with Crippen molar-refractivity contribution in [2.75, 3.05) is 0 Å². The SMILES string of the molecule is Cc1occc1C(=O)N[C@@H]1C[C@H]1C. The first kappa shape index (κ1) is 8.35. The molecular weight excluding hydrogens is 166 g/mol. The van der Waals surface area contributed by atoms with Gasteiger partial charge in [0.15, 0.2) is 0 Å². The van der Waals surface area contributed by atoms with E-state index >= 15 is 0 Å².